The molecule has 4 N–H and O–H groups in total. The van der Waals surface area contributed by atoms with Gasteiger partial charge in [-0.3, -0.25) is 9.59 Å². The van der Waals surface area contributed by atoms with Crippen LogP contribution in [0.25, 0.3) is 10.8 Å². The van der Waals surface area contributed by atoms with E-state index in [1.54, 1.807) is 53.4 Å². The monoisotopic (exact) mass is 522 g/mol. The molecule has 3 aromatic rings. The van der Waals surface area contributed by atoms with E-state index >= 15 is 0 Å². The fourth-order valence-corrected chi connectivity index (χ4v) is 6.17. The lowest BCUT2D eigenvalue weighted by Gasteiger charge is -2.34. The minimum Gasteiger partial charge on any atom is -0.341 e. The molecule has 1 saturated heterocycles. The number of hydrogen-bond donors (Lipinski definition) is 3. The summed E-state index contributed by atoms with van der Waals surface area (Å²) in [7, 11) is -3.85. The SMILES string of the molecule is Cc1ccccc1C(=O)Nc1cccc2c(S(=O)(=O)NC3CCN(C(=O)[C@@H](N)C(C)C)CC3)cccc12. The number of likely N-dealkylation sites (tertiary alicyclic amines) is 1. The number of nitrogens with zero attached hydrogens (tertiary/aromatic N) is 1. The Morgan fingerprint density at radius 2 is 1.59 bits per heavy atom. The van der Waals surface area contributed by atoms with Crippen LogP contribution in [0.15, 0.2) is 65.6 Å². The van der Waals surface area contributed by atoms with Gasteiger partial charge in [0.2, 0.25) is 15.9 Å². The largest absolute Gasteiger partial charge is 0.341 e. The summed E-state index contributed by atoms with van der Waals surface area (Å²) in [5, 5.41) is 4.09. The molecule has 0 aromatic heterocycles. The second-order valence-electron chi connectivity index (χ2n) is 9.92. The fourth-order valence-electron chi connectivity index (χ4n) is 4.64. The van der Waals surface area contributed by atoms with Crippen LogP contribution in [0.2, 0.25) is 0 Å². The molecule has 196 valence electrons. The Morgan fingerprint density at radius 3 is 2.27 bits per heavy atom. The zero-order chi connectivity index (χ0) is 26.7. The van der Waals surface area contributed by atoms with E-state index in [1.165, 1.54) is 0 Å². The van der Waals surface area contributed by atoms with Crippen molar-refractivity contribution in [3.63, 3.8) is 0 Å². The van der Waals surface area contributed by atoms with E-state index in [4.69, 9.17) is 5.73 Å². The van der Waals surface area contributed by atoms with Gasteiger partial charge < -0.3 is 16.0 Å². The number of amides is 2. The van der Waals surface area contributed by atoms with Crippen molar-refractivity contribution >= 4 is 38.3 Å². The summed E-state index contributed by atoms with van der Waals surface area (Å²) in [5.41, 5.74) is 7.96. The van der Waals surface area contributed by atoms with Gasteiger partial charge in [0.15, 0.2) is 0 Å². The van der Waals surface area contributed by atoms with E-state index < -0.39 is 16.1 Å². The number of fused-ring (bicyclic) bond motifs is 1. The van der Waals surface area contributed by atoms with Crippen LogP contribution in [0, 0.1) is 12.8 Å². The van der Waals surface area contributed by atoms with Crippen LogP contribution in [0.4, 0.5) is 5.69 Å². The van der Waals surface area contributed by atoms with Crippen molar-refractivity contribution < 1.29 is 18.0 Å². The average Bonchev–Trinajstić information content (AvgIpc) is 2.88. The molecule has 4 rings (SSSR count). The quantitative estimate of drug-likeness (QED) is 0.437. The number of carbonyl (C=O) groups excluding carboxylic acids is 2. The van der Waals surface area contributed by atoms with Crippen LogP contribution in [0.1, 0.15) is 42.6 Å². The predicted octanol–water partition coefficient (Wildman–Crippen LogP) is 3.65. The standard InChI is InChI=1S/C28H34N4O4S/c1-18(2)26(29)28(34)32-16-14-20(15-17-32)31-37(35,36)25-13-7-10-22-23(25)11-6-12-24(22)30-27(33)21-9-5-4-8-19(21)3/h4-13,18,20,26,31H,14-17,29H2,1-3H3,(H,30,33)/t26-/m0/s1. The Morgan fingerprint density at radius 1 is 0.946 bits per heavy atom. The van der Waals surface area contributed by atoms with Gasteiger partial charge >= 0.3 is 0 Å². The van der Waals surface area contributed by atoms with Gasteiger partial charge in [-0.2, -0.15) is 0 Å². The summed E-state index contributed by atoms with van der Waals surface area (Å²) in [4.78, 5) is 27.3. The maximum atomic E-state index is 13.4. The minimum atomic E-state index is -3.85. The number of aryl methyl sites for hydroxylation is 1. The number of hydrogen-bond acceptors (Lipinski definition) is 5. The normalized spacial score (nSPS) is 15.6. The van der Waals surface area contributed by atoms with Gasteiger partial charge in [0.05, 0.1) is 10.9 Å². The number of benzene rings is 3. The third-order valence-corrected chi connectivity index (χ3v) is 8.52. The zero-order valence-electron chi connectivity index (χ0n) is 21.4. The average molecular weight is 523 g/mol. The van der Waals surface area contributed by atoms with Gasteiger partial charge in [-0.1, -0.05) is 56.3 Å². The smallest absolute Gasteiger partial charge is 0.255 e. The molecular formula is C28H34N4O4S. The second-order valence-corrected chi connectivity index (χ2v) is 11.6. The lowest BCUT2D eigenvalue weighted by Crippen LogP contribution is -2.52. The van der Waals surface area contributed by atoms with Crippen molar-refractivity contribution in [1.29, 1.82) is 0 Å². The van der Waals surface area contributed by atoms with E-state index in [1.807, 2.05) is 32.9 Å². The molecule has 1 heterocycles. The summed E-state index contributed by atoms with van der Waals surface area (Å²) in [6.45, 7) is 6.60. The maximum Gasteiger partial charge on any atom is 0.255 e. The number of nitrogens with two attached hydrogens (primary N) is 1. The number of carbonyl (C=O) groups is 2. The molecule has 8 nitrogen and oxygen atoms in total. The first-order chi connectivity index (χ1) is 17.6. The molecule has 1 fully saturated rings. The highest BCUT2D eigenvalue weighted by Gasteiger charge is 2.30. The van der Waals surface area contributed by atoms with Crippen LogP contribution in [-0.2, 0) is 14.8 Å². The van der Waals surface area contributed by atoms with Crippen molar-refractivity contribution in [3.05, 3.63) is 71.8 Å². The summed E-state index contributed by atoms with van der Waals surface area (Å²) < 4.78 is 29.7. The van der Waals surface area contributed by atoms with Crippen LogP contribution >= 0.6 is 0 Å². The topological polar surface area (TPSA) is 122 Å². The first kappa shape index (κ1) is 26.8. The summed E-state index contributed by atoms with van der Waals surface area (Å²) >= 11 is 0. The molecule has 1 aliphatic heterocycles. The summed E-state index contributed by atoms with van der Waals surface area (Å²) in [6.07, 6.45) is 1.02. The highest BCUT2D eigenvalue weighted by Crippen LogP contribution is 2.30. The highest BCUT2D eigenvalue weighted by molar-refractivity contribution is 7.89. The molecule has 0 radical (unpaired) electrons. The van der Waals surface area contributed by atoms with Crippen LogP contribution in [0.3, 0.4) is 0 Å². The van der Waals surface area contributed by atoms with Gasteiger partial charge in [0.25, 0.3) is 5.91 Å². The maximum absolute atomic E-state index is 13.4. The molecule has 37 heavy (non-hydrogen) atoms. The fraction of sp³-hybridized carbons (Fsp3) is 0.357. The van der Waals surface area contributed by atoms with Gasteiger partial charge in [-0.25, -0.2) is 13.1 Å². The number of anilines is 1. The Kier molecular flexibility index (Phi) is 7.96. The Hall–Kier alpha value is -3.27. The number of piperidine rings is 1. The first-order valence-electron chi connectivity index (χ1n) is 12.5. The van der Waals surface area contributed by atoms with E-state index in [9.17, 15) is 18.0 Å². The van der Waals surface area contributed by atoms with E-state index in [-0.39, 0.29) is 28.7 Å². The molecule has 1 aliphatic rings. The van der Waals surface area contributed by atoms with Gasteiger partial charge in [0, 0.05) is 41.2 Å². The highest BCUT2D eigenvalue weighted by atomic mass is 32.2. The summed E-state index contributed by atoms with van der Waals surface area (Å²) in [5.74, 6) is -0.303. The first-order valence-corrected chi connectivity index (χ1v) is 14.0. The number of rotatable bonds is 7. The molecule has 2 amide bonds. The van der Waals surface area contributed by atoms with Crippen molar-refractivity contribution in [2.45, 2.75) is 50.6 Å². The Balaban J connectivity index is 1.52. The van der Waals surface area contributed by atoms with Crippen LogP contribution in [0.5, 0.6) is 0 Å². The minimum absolute atomic E-state index is 0.0430. The van der Waals surface area contributed by atoms with Gasteiger partial charge in [-0.05, 0) is 49.4 Å². The van der Waals surface area contributed by atoms with E-state index in [0.717, 1.165) is 5.56 Å². The molecule has 0 saturated carbocycles. The third-order valence-electron chi connectivity index (χ3n) is 6.94. The van der Waals surface area contributed by atoms with Crippen molar-refractivity contribution in [3.8, 4) is 0 Å². The molecule has 0 aliphatic carbocycles. The third kappa shape index (κ3) is 5.84. The lowest BCUT2D eigenvalue weighted by molar-refractivity contribution is -0.134. The van der Waals surface area contributed by atoms with Crippen LogP contribution < -0.4 is 15.8 Å². The molecule has 0 spiro atoms. The number of sulfonamides is 1. The molecule has 9 heteroatoms. The molecular weight excluding hydrogens is 488 g/mol. The van der Waals surface area contributed by atoms with E-state index in [2.05, 4.69) is 10.0 Å². The van der Waals surface area contributed by atoms with Crippen LogP contribution in [-0.4, -0.2) is 50.3 Å². The molecule has 3 aromatic carbocycles. The molecule has 0 unspecified atom stereocenters. The van der Waals surface area contributed by atoms with Gasteiger partial charge in [0.1, 0.15) is 0 Å². The molecule has 0 bridgehead atoms. The van der Waals surface area contributed by atoms with Crippen molar-refractivity contribution in [2.75, 3.05) is 18.4 Å². The van der Waals surface area contributed by atoms with Crippen molar-refractivity contribution in [2.24, 2.45) is 11.7 Å². The lowest BCUT2D eigenvalue weighted by atomic mass is 10.0. The zero-order valence-corrected chi connectivity index (χ0v) is 22.2. The number of nitrogens with one attached hydrogen (secondary N) is 2. The Bertz CT molecular complexity index is 1410. The Labute approximate surface area is 218 Å². The predicted molar refractivity (Wildman–Crippen MR) is 146 cm³/mol. The summed E-state index contributed by atoms with van der Waals surface area (Å²) in [6, 6.07) is 16.7. The molecule has 1 atom stereocenters. The van der Waals surface area contributed by atoms with E-state index in [0.29, 0.717) is 48.0 Å². The van der Waals surface area contributed by atoms with Crippen molar-refractivity contribution in [1.82, 2.24) is 9.62 Å². The second kappa shape index (κ2) is 11.0. The van der Waals surface area contributed by atoms with Gasteiger partial charge in [-0.15, -0.1) is 0 Å².